The molecule has 2 N–H and O–H groups in total. The lowest BCUT2D eigenvalue weighted by atomic mass is 10.1. The summed E-state index contributed by atoms with van der Waals surface area (Å²) in [5.74, 6) is -1.42. The fraction of sp³-hybridized carbons (Fsp3) is 0.150. The number of nitrogens with one attached hydrogen (secondary N) is 1. The van der Waals surface area contributed by atoms with Crippen molar-refractivity contribution >= 4 is 41.2 Å². The number of barbiturate groups is 1. The third-order valence-electron chi connectivity index (χ3n) is 4.31. The third kappa shape index (κ3) is 3.74. The van der Waals surface area contributed by atoms with Gasteiger partial charge in [-0.3, -0.25) is 14.9 Å². The number of phenolic OH excluding ortho intramolecular Hbond substituents is 1. The number of methoxy groups -OCH3 is 3. The van der Waals surface area contributed by atoms with E-state index in [9.17, 15) is 19.5 Å². The Morgan fingerprint density at radius 2 is 1.57 bits per heavy atom. The summed E-state index contributed by atoms with van der Waals surface area (Å²) < 4.78 is 15.2. The second-order valence-electron chi connectivity index (χ2n) is 6.05. The minimum absolute atomic E-state index is 0.0831. The molecule has 1 saturated heterocycles. The number of anilines is 1. The molecule has 0 bridgehead atoms. The molecule has 2 aromatic rings. The summed E-state index contributed by atoms with van der Waals surface area (Å²) in [5.41, 5.74) is 0.181. The fourth-order valence-corrected chi connectivity index (χ4v) is 3.10. The lowest BCUT2D eigenvalue weighted by molar-refractivity contribution is -0.122. The van der Waals surface area contributed by atoms with Crippen LogP contribution in [-0.2, 0) is 9.59 Å². The summed E-state index contributed by atoms with van der Waals surface area (Å²) in [5, 5.41) is 12.3. The van der Waals surface area contributed by atoms with Crippen molar-refractivity contribution in [2.45, 2.75) is 0 Å². The molecule has 0 unspecified atom stereocenters. The molecule has 30 heavy (non-hydrogen) atoms. The normalized spacial score (nSPS) is 15.3. The lowest BCUT2D eigenvalue weighted by Crippen LogP contribution is -2.54. The molecule has 0 aliphatic carbocycles. The zero-order chi connectivity index (χ0) is 22.0. The first-order valence-electron chi connectivity index (χ1n) is 8.50. The van der Waals surface area contributed by atoms with Gasteiger partial charge in [-0.25, -0.2) is 9.69 Å². The average molecular weight is 433 g/mol. The van der Waals surface area contributed by atoms with Crippen molar-refractivity contribution in [1.82, 2.24) is 5.32 Å². The molecule has 1 heterocycles. The molecular formula is C20H17ClN2O7. The van der Waals surface area contributed by atoms with E-state index in [-0.39, 0.29) is 33.5 Å². The molecule has 1 aliphatic heterocycles. The molecule has 10 heteroatoms. The van der Waals surface area contributed by atoms with Gasteiger partial charge in [-0.1, -0.05) is 11.6 Å². The summed E-state index contributed by atoms with van der Waals surface area (Å²) in [4.78, 5) is 38.4. The van der Waals surface area contributed by atoms with Crippen LogP contribution in [0, 0.1) is 0 Å². The van der Waals surface area contributed by atoms with E-state index < -0.39 is 17.8 Å². The second kappa shape index (κ2) is 8.34. The number of urea groups is 1. The number of hydrogen-bond donors (Lipinski definition) is 2. The summed E-state index contributed by atoms with van der Waals surface area (Å²) in [6.07, 6.45) is 1.26. The van der Waals surface area contributed by atoms with Gasteiger partial charge in [0.15, 0.2) is 11.5 Å². The van der Waals surface area contributed by atoms with E-state index in [1.807, 2.05) is 0 Å². The van der Waals surface area contributed by atoms with Gasteiger partial charge in [-0.2, -0.15) is 0 Å². The van der Waals surface area contributed by atoms with Crippen LogP contribution in [0.1, 0.15) is 5.56 Å². The smallest absolute Gasteiger partial charge is 0.335 e. The zero-order valence-corrected chi connectivity index (χ0v) is 16.9. The van der Waals surface area contributed by atoms with Crippen LogP contribution in [0.3, 0.4) is 0 Å². The fourth-order valence-electron chi connectivity index (χ4n) is 2.85. The predicted molar refractivity (Wildman–Crippen MR) is 108 cm³/mol. The minimum Gasteiger partial charge on any atom is -0.502 e. The van der Waals surface area contributed by atoms with Crippen molar-refractivity contribution in [1.29, 1.82) is 0 Å². The number of hydrogen-bond acceptors (Lipinski definition) is 7. The third-order valence-corrected chi connectivity index (χ3v) is 4.60. The predicted octanol–water partition coefficient (Wildman–Crippen LogP) is 2.74. The van der Waals surface area contributed by atoms with Gasteiger partial charge in [0.2, 0.25) is 5.75 Å². The highest BCUT2D eigenvalue weighted by atomic mass is 35.5. The van der Waals surface area contributed by atoms with Crippen molar-refractivity contribution < 1.29 is 33.7 Å². The van der Waals surface area contributed by atoms with Crippen LogP contribution >= 0.6 is 11.6 Å². The van der Waals surface area contributed by atoms with Gasteiger partial charge in [0.1, 0.15) is 11.3 Å². The largest absolute Gasteiger partial charge is 0.502 e. The zero-order valence-electron chi connectivity index (χ0n) is 16.2. The van der Waals surface area contributed by atoms with Gasteiger partial charge in [0, 0.05) is 0 Å². The van der Waals surface area contributed by atoms with Gasteiger partial charge < -0.3 is 19.3 Å². The van der Waals surface area contributed by atoms with Gasteiger partial charge >= 0.3 is 6.03 Å². The van der Waals surface area contributed by atoms with Crippen LogP contribution in [0.2, 0.25) is 5.02 Å². The van der Waals surface area contributed by atoms with Crippen molar-refractivity contribution in [3.63, 3.8) is 0 Å². The average Bonchev–Trinajstić information content (AvgIpc) is 2.72. The maximum atomic E-state index is 13.0. The minimum atomic E-state index is -0.913. The molecule has 1 fully saturated rings. The Balaban J connectivity index is 2.06. The Hall–Kier alpha value is -3.72. The number of nitrogens with zero attached hydrogens (tertiary/aromatic N) is 1. The highest BCUT2D eigenvalue weighted by Crippen LogP contribution is 2.38. The van der Waals surface area contributed by atoms with Gasteiger partial charge in [0.05, 0.1) is 32.0 Å². The Morgan fingerprint density at radius 3 is 2.10 bits per heavy atom. The maximum Gasteiger partial charge on any atom is 0.335 e. The van der Waals surface area contributed by atoms with E-state index in [1.165, 1.54) is 57.7 Å². The summed E-state index contributed by atoms with van der Waals surface area (Å²) in [7, 11) is 4.12. The van der Waals surface area contributed by atoms with E-state index in [4.69, 9.17) is 25.8 Å². The first-order chi connectivity index (χ1) is 14.3. The van der Waals surface area contributed by atoms with E-state index in [0.717, 1.165) is 4.90 Å². The van der Waals surface area contributed by atoms with Crippen molar-refractivity contribution in [2.75, 3.05) is 26.2 Å². The molecule has 0 spiro atoms. The highest BCUT2D eigenvalue weighted by molar-refractivity contribution is 6.39. The number of ether oxygens (including phenoxy) is 3. The van der Waals surface area contributed by atoms with E-state index in [0.29, 0.717) is 11.3 Å². The summed E-state index contributed by atoms with van der Waals surface area (Å²) in [6.45, 7) is 0. The molecule has 1 aliphatic rings. The first kappa shape index (κ1) is 21.0. The molecule has 0 radical (unpaired) electrons. The SMILES string of the molecule is COc1ccc(N2C(=O)NC(=O)/C(=C/c3cc(OC)c(O)c(OC)c3)C2=O)cc1Cl. The number of amides is 4. The monoisotopic (exact) mass is 432 g/mol. The van der Waals surface area contributed by atoms with Gasteiger partial charge in [-0.15, -0.1) is 0 Å². The van der Waals surface area contributed by atoms with E-state index in [1.54, 1.807) is 0 Å². The molecule has 9 nitrogen and oxygen atoms in total. The standard InChI is InChI=1S/C20H17ClN2O7/c1-28-14-5-4-11(9-13(14)21)23-19(26)12(18(25)22-20(23)27)6-10-7-15(29-2)17(24)16(8-10)30-3/h4-9,24H,1-3H3,(H,22,25,27)/b12-6-. The van der Waals surface area contributed by atoms with Crippen LogP contribution < -0.4 is 24.4 Å². The number of carbonyl (C=O) groups is 3. The Bertz CT molecular complexity index is 1060. The number of phenols is 1. The number of carbonyl (C=O) groups excluding carboxylic acids is 3. The van der Waals surface area contributed by atoms with Crippen LogP contribution in [0.15, 0.2) is 35.9 Å². The lowest BCUT2D eigenvalue weighted by Gasteiger charge is -2.26. The van der Waals surface area contributed by atoms with Crippen LogP contribution in [0.25, 0.3) is 6.08 Å². The molecule has 156 valence electrons. The van der Waals surface area contributed by atoms with Crippen LogP contribution in [0.4, 0.5) is 10.5 Å². The molecule has 0 saturated carbocycles. The highest BCUT2D eigenvalue weighted by Gasteiger charge is 2.37. The van der Waals surface area contributed by atoms with Crippen molar-refractivity contribution in [3.05, 3.63) is 46.5 Å². The number of aromatic hydroxyl groups is 1. The van der Waals surface area contributed by atoms with Gasteiger partial charge in [0.25, 0.3) is 11.8 Å². The topological polar surface area (TPSA) is 114 Å². The molecule has 2 aromatic carbocycles. The Kier molecular flexibility index (Phi) is 5.84. The molecule has 4 amide bonds. The van der Waals surface area contributed by atoms with E-state index >= 15 is 0 Å². The maximum absolute atomic E-state index is 13.0. The van der Waals surface area contributed by atoms with Crippen LogP contribution in [0.5, 0.6) is 23.0 Å². The molecular weight excluding hydrogens is 416 g/mol. The van der Waals surface area contributed by atoms with Crippen molar-refractivity contribution in [3.8, 4) is 23.0 Å². The summed E-state index contributed by atoms with van der Waals surface area (Å²) >= 11 is 6.09. The first-order valence-corrected chi connectivity index (χ1v) is 8.88. The summed E-state index contributed by atoms with van der Waals surface area (Å²) in [6, 6.07) is 6.24. The molecule has 0 aromatic heterocycles. The molecule has 0 atom stereocenters. The van der Waals surface area contributed by atoms with Gasteiger partial charge in [-0.05, 0) is 42.0 Å². The number of halogens is 1. The number of imide groups is 2. The number of benzene rings is 2. The quantitative estimate of drug-likeness (QED) is 0.551. The van der Waals surface area contributed by atoms with Crippen molar-refractivity contribution in [2.24, 2.45) is 0 Å². The van der Waals surface area contributed by atoms with E-state index in [2.05, 4.69) is 5.32 Å². The number of rotatable bonds is 5. The Morgan fingerprint density at radius 1 is 0.967 bits per heavy atom. The Labute approximate surface area is 176 Å². The molecule has 3 rings (SSSR count). The second-order valence-corrected chi connectivity index (χ2v) is 6.46. The van der Waals surface area contributed by atoms with Crippen LogP contribution in [-0.4, -0.2) is 44.3 Å².